The third-order valence-corrected chi connectivity index (χ3v) is 2.65. The van der Waals surface area contributed by atoms with Crippen LogP contribution in [0.5, 0.6) is 0 Å². The van der Waals surface area contributed by atoms with Crippen LogP contribution in [-0.2, 0) is 14.3 Å². The zero-order chi connectivity index (χ0) is 12.1. The fourth-order valence-electron chi connectivity index (χ4n) is 1.62. The number of nitrogens with zero attached hydrogens (tertiary/aromatic N) is 1. The van der Waals surface area contributed by atoms with E-state index in [9.17, 15) is 9.59 Å². The van der Waals surface area contributed by atoms with Crippen molar-refractivity contribution in [3.05, 3.63) is 12.7 Å². The maximum Gasteiger partial charge on any atom is 0.307 e. The van der Waals surface area contributed by atoms with E-state index in [0.717, 1.165) is 0 Å². The molecule has 2 atom stereocenters. The van der Waals surface area contributed by atoms with Gasteiger partial charge < -0.3 is 14.7 Å². The predicted molar refractivity (Wildman–Crippen MR) is 57.9 cm³/mol. The molecule has 0 aromatic carbocycles. The number of aliphatic carboxylic acids is 1. The predicted octanol–water partition coefficient (Wildman–Crippen LogP) is 0.368. The summed E-state index contributed by atoms with van der Waals surface area (Å²) in [6.07, 6.45) is 2.08. The van der Waals surface area contributed by atoms with Gasteiger partial charge in [-0.3, -0.25) is 9.59 Å². The van der Waals surface area contributed by atoms with Crippen LogP contribution in [0.3, 0.4) is 0 Å². The number of carbonyl (C=O) groups excluding carboxylic acids is 1. The molecule has 0 heterocycles. The van der Waals surface area contributed by atoms with E-state index in [0.29, 0.717) is 26.1 Å². The van der Waals surface area contributed by atoms with Crippen molar-refractivity contribution in [3.63, 3.8) is 0 Å². The molecule has 1 aliphatic rings. The van der Waals surface area contributed by atoms with Crippen LogP contribution >= 0.6 is 0 Å². The number of hydrogen-bond acceptors (Lipinski definition) is 3. The summed E-state index contributed by atoms with van der Waals surface area (Å²) in [5.41, 5.74) is 0. The van der Waals surface area contributed by atoms with Gasteiger partial charge in [-0.15, -0.1) is 6.58 Å². The number of ether oxygens (including phenoxy) is 1. The van der Waals surface area contributed by atoms with Crippen LogP contribution in [0.2, 0.25) is 0 Å². The Bertz CT molecular complexity index is 290. The number of carboxylic acids is 1. The Labute approximate surface area is 94.7 Å². The van der Waals surface area contributed by atoms with E-state index in [-0.39, 0.29) is 11.8 Å². The summed E-state index contributed by atoms with van der Waals surface area (Å²) in [5, 5.41) is 8.74. The van der Waals surface area contributed by atoms with Gasteiger partial charge >= 0.3 is 5.97 Å². The van der Waals surface area contributed by atoms with Crippen molar-refractivity contribution in [1.29, 1.82) is 0 Å². The van der Waals surface area contributed by atoms with Gasteiger partial charge in [0.2, 0.25) is 5.91 Å². The van der Waals surface area contributed by atoms with Gasteiger partial charge in [-0.05, 0) is 6.42 Å². The minimum atomic E-state index is -0.886. The Morgan fingerprint density at radius 2 is 2.25 bits per heavy atom. The minimum absolute atomic E-state index is 0.107. The highest BCUT2D eigenvalue weighted by molar-refractivity contribution is 5.89. The summed E-state index contributed by atoms with van der Waals surface area (Å²) in [6.45, 7) is 4.93. The second-order valence-corrected chi connectivity index (χ2v) is 3.85. The van der Waals surface area contributed by atoms with Crippen molar-refractivity contribution in [1.82, 2.24) is 4.90 Å². The summed E-state index contributed by atoms with van der Waals surface area (Å²) in [5.74, 6) is -1.84. The molecule has 5 heteroatoms. The van der Waals surface area contributed by atoms with E-state index in [4.69, 9.17) is 9.84 Å². The zero-order valence-electron chi connectivity index (χ0n) is 9.39. The van der Waals surface area contributed by atoms with E-state index in [1.807, 2.05) is 0 Å². The largest absolute Gasteiger partial charge is 0.481 e. The number of methoxy groups -OCH3 is 1. The fraction of sp³-hybridized carbons (Fsp3) is 0.636. The Balaban J connectivity index is 2.48. The molecular formula is C11H17NO4. The van der Waals surface area contributed by atoms with Crippen LogP contribution in [-0.4, -0.2) is 48.7 Å². The first kappa shape index (κ1) is 12.7. The van der Waals surface area contributed by atoms with Gasteiger partial charge in [0.05, 0.1) is 18.4 Å². The van der Waals surface area contributed by atoms with Crippen LogP contribution in [0.15, 0.2) is 12.7 Å². The summed E-state index contributed by atoms with van der Waals surface area (Å²) in [4.78, 5) is 24.1. The van der Waals surface area contributed by atoms with Crippen molar-refractivity contribution < 1.29 is 19.4 Å². The molecule has 0 radical (unpaired) electrons. The van der Waals surface area contributed by atoms with Crippen LogP contribution in [0.1, 0.15) is 6.42 Å². The van der Waals surface area contributed by atoms with Crippen LogP contribution in [0.4, 0.5) is 0 Å². The number of amides is 1. The Morgan fingerprint density at radius 1 is 1.56 bits per heavy atom. The summed E-state index contributed by atoms with van der Waals surface area (Å²) in [6, 6.07) is 0. The van der Waals surface area contributed by atoms with E-state index >= 15 is 0 Å². The summed E-state index contributed by atoms with van der Waals surface area (Å²) >= 11 is 0. The molecular weight excluding hydrogens is 210 g/mol. The van der Waals surface area contributed by atoms with E-state index < -0.39 is 11.9 Å². The molecule has 1 N–H and O–H groups in total. The molecule has 0 bridgehead atoms. The lowest BCUT2D eigenvalue weighted by molar-refractivity contribution is -0.142. The van der Waals surface area contributed by atoms with Crippen molar-refractivity contribution >= 4 is 11.9 Å². The molecule has 0 aliphatic heterocycles. The molecule has 0 aromatic rings. The lowest BCUT2D eigenvalue weighted by Gasteiger charge is -2.20. The number of rotatable bonds is 7. The quantitative estimate of drug-likeness (QED) is 0.638. The van der Waals surface area contributed by atoms with E-state index in [2.05, 4.69) is 6.58 Å². The van der Waals surface area contributed by atoms with Gasteiger partial charge in [-0.1, -0.05) is 6.08 Å². The summed E-state index contributed by atoms with van der Waals surface area (Å²) < 4.78 is 4.90. The maximum absolute atomic E-state index is 11.9. The summed E-state index contributed by atoms with van der Waals surface area (Å²) in [7, 11) is 1.56. The van der Waals surface area contributed by atoms with E-state index in [1.165, 1.54) is 0 Å². The van der Waals surface area contributed by atoms with Crippen molar-refractivity contribution in [3.8, 4) is 0 Å². The van der Waals surface area contributed by atoms with Crippen molar-refractivity contribution in [2.24, 2.45) is 11.8 Å². The highest BCUT2D eigenvalue weighted by atomic mass is 16.5. The standard InChI is InChI=1S/C11H17NO4/c1-3-4-12(5-6-16-2)10(13)8-7-9(8)11(14)15/h3,8-9H,1,4-7H2,2H3,(H,14,15). The molecule has 5 nitrogen and oxygen atoms in total. The molecule has 0 saturated heterocycles. The van der Waals surface area contributed by atoms with Crippen molar-refractivity contribution in [2.45, 2.75) is 6.42 Å². The first-order chi connectivity index (χ1) is 7.61. The number of carbonyl (C=O) groups is 2. The van der Waals surface area contributed by atoms with Gasteiger partial charge in [-0.2, -0.15) is 0 Å². The Hall–Kier alpha value is -1.36. The minimum Gasteiger partial charge on any atom is -0.481 e. The van der Waals surface area contributed by atoms with Crippen LogP contribution in [0, 0.1) is 11.8 Å². The smallest absolute Gasteiger partial charge is 0.307 e. The van der Waals surface area contributed by atoms with Gasteiger partial charge in [0, 0.05) is 20.2 Å². The van der Waals surface area contributed by atoms with Crippen LogP contribution < -0.4 is 0 Å². The normalized spacial score (nSPS) is 22.6. The molecule has 0 aromatic heterocycles. The Kier molecular flexibility index (Phi) is 4.49. The van der Waals surface area contributed by atoms with Crippen LogP contribution in [0.25, 0.3) is 0 Å². The maximum atomic E-state index is 11.9. The molecule has 16 heavy (non-hydrogen) atoms. The van der Waals surface area contributed by atoms with Gasteiger partial charge in [-0.25, -0.2) is 0 Å². The average molecular weight is 227 g/mol. The topological polar surface area (TPSA) is 66.8 Å². The highest BCUT2D eigenvalue weighted by Crippen LogP contribution is 2.40. The molecule has 2 unspecified atom stereocenters. The molecule has 1 aliphatic carbocycles. The highest BCUT2D eigenvalue weighted by Gasteiger charge is 2.49. The van der Waals surface area contributed by atoms with Gasteiger partial charge in [0.25, 0.3) is 0 Å². The monoisotopic (exact) mass is 227 g/mol. The Morgan fingerprint density at radius 3 is 2.69 bits per heavy atom. The number of carboxylic acid groups (broad SMARTS) is 1. The molecule has 0 spiro atoms. The fourth-order valence-corrected chi connectivity index (χ4v) is 1.62. The zero-order valence-corrected chi connectivity index (χ0v) is 9.39. The SMILES string of the molecule is C=CCN(CCOC)C(=O)C1CC1C(=O)O. The molecule has 1 amide bonds. The average Bonchev–Trinajstić information content (AvgIpc) is 3.03. The lowest BCUT2D eigenvalue weighted by atomic mass is 10.2. The molecule has 1 saturated carbocycles. The number of hydrogen-bond donors (Lipinski definition) is 1. The third kappa shape index (κ3) is 3.06. The van der Waals surface area contributed by atoms with E-state index in [1.54, 1.807) is 18.1 Å². The molecule has 90 valence electrons. The van der Waals surface area contributed by atoms with Crippen molar-refractivity contribution in [2.75, 3.05) is 26.8 Å². The second kappa shape index (κ2) is 5.65. The van der Waals surface area contributed by atoms with Gasteiger partial charge in [0.15, 0.2) is 0 Å². The second-order valence-electron chi connectivity index (χ2n) is 3.85. The first-order valence-electron chi connectivity index (χ1n) is 5.23. The lowest BCUT2D eigenvalue weighted by Crippen LogP contribution is -2.35. The van der Waals surface area contributed by atoms with Gasteiger partial charge in [0.1, 0.15) is 0 Å². The first-order valence-corrected chi connectivity index (χ1v) is 5.23. The molecule has 1 fully saturated rings. The molecule has 1 rings (SSSR count). The third-order valence-electron chi connectivity index (χ3n) is 2.65.